The van der Waals surface area contributed by atoms with E-state index in [2.05, 4.69) is 20.4 Å². The molecule has 0 radical (unpaired) electrons. The number of carboxylic acid groups (broad SMARTS) is 1. The van der Waals surface area contributed by atoms with E-state index in [0.717, 1.165) is 16.5 Å². The lowest BCUT2D eigenvalue weighted by Crippen LogP contribution is -2.45. The zero-order chi connectivity index (χ0) is 19.4. The Morgan fingerprint density at radius 1 is 1.33 bits per heavy atom. The van der Waals surface area contributed by atoms with Crippen molar-refractivity contribution in [3.05, 3.63) is 36.4 Å². The van der Waals surface area contributed by atoms with E-state index >= 15 is 0 Å². The number of carboxylic acids is 1. The van der Waals surface area contributed by atoms with Crippen molar-refractivity contribution >= 4 is 22.8 Å². The van der Waals surface area contributed by atoms with Gasteiger partial charge in [-0.2, -0.15) is 4.98 Å². The first kappa shape index (κ1) is 18.6. The van der Waals surface area contributed by atoms with Crippen LogP contribution in [-0.2, 0) is 16.0 Å². The topological polar surface area (TPSA) is 121 Å². The lowest BCUT2D eigenvalue weighted by atomic mass is 9.99. The smallest absolute Gasteiger partial charge is 0.326 e. The van der Waals surface area contributed by atoms with Gasteiger partial charge in [0.15, 0.2) is 0 Å². The average molecular weight is 370 g/mol. The second-order valence-corrected chi connectivity index (χ2v) is 6.53. The monoisotopic (exact) mass is 370 g/mol. The highest BCUT2D eigenvalue weighted by Gasteiger charge is 2.25. The minimum atomic E-state index is -1.03. The van der Waals surface area contributed by atoms with E-state index in [4.69, 9.17) is 4.52 Å². The maximum absolute atomic E-state index is 12.1. The van der Waals surface area contributed by atoms with Gasteiger partial charge in [-0.3, -0.25) is 4.79 Å². The van der Waals surface area contributed by atoms with Crippen LogP contribution >= 0.6 is 0 Å². The van der Waals surface area contributed by atoms with Gasteiger partial charge in [0.05, 0.1) is 0 Å². The Kier molecular flexibility index (Phi) is 5.54. The van der Waals surface area contributed by atoms with E-state index in [9.17, 15) is 14.7 Å². The van der Waals surface area contributed by atoms with Crippen molar-refractivity contribution in [1.29, 1.82) is 0 Å². The highest BCUT2D eigenvalue weighted by Crippen LogP contribution is 2.26. The average Bonchev–Trinajstić information content (AvgIpc) is 3.32. The van der Waals surface area contributed by atoms with E-state index < -0.39 is 12.0 Å². The van der Waals surface area contributed by atoms with Crippen LogP contribution in [0.4, 0.5) is 0 Å². The number of aryl methyl sites for hydroxylation is 1. The number of amides is 1. The Morgan fingerprint density at radius 3 is 2.89 bits per heavy atom. The van der Waals surface area contributed by atoms with E-state index in [0.29, 0.717) is 18.1 Å². The molecule has 3 rings (SSSR count). The molecule has 0 fully saturated rings. The number of nitrogens with one attached hydrogen (secondary N) is 2. The zero-order valence-electron chi connectivity index (χ0n) is 15.2. The molecule has 0 bridgehead atoms. The van der Waals surface area contributed by atoms with Crippen molar-refractivity contribution in [3.63, 3.8) is 0 Å². The van der Waals surface area contributed by atoms with Gasteiger partial charge >= 0.3 is 5.97 Å². The summed E-state index contributed by atoms with van der Waals surface area (Å²) in [5.74, 6) is -0.738. The van der Waals surface area contributed by atoms with Gasteiger partial charge in [-0.25, -0.2) is 4.79 Å². The summed E-state index contributed by atoms with van der Waals surface area (Å²) in [5, 5.41) is 16.8. The molecule has 8 nitrogen and oxygen atoms in total. The molecule has 1 aromatic carbocycles. The highest BCUT2D eigenvalue weighted by atomic mass is 16.5. The first-order valence-corrected chi connectivity index (χ1v) is 8.90. The Labute approximate surface area is 156 Å². The number of aromatic amines is 1. The van der Waals surface area contributed by atoms with Crippen LogP contribution in [0.25, 0.3) is 22.3 Å². The predicted molar refractivity (Wildman–Crippen MR) is 98.9 cm³/mol. The van der Waals surface area contributed by atoms with Crippen molar-refractivity contribution in [2.24, 2.45) is 5.92 Å². The van der Waals surface area contributed by atoms with Crippen molar-refractivity contribution in [3.8, 4) is 11.4 Å². The fourth-order valence-corrected chi connectivity index (χ4v) is 2.90. The minimum Gasteiger partial charge on any atom is -0.480 e. The van der Waals surface area contributed by atoms with Crippen molar-refractivity contribution in [1.82, 2.24) is 20.4 Å². The molecule has 0 saturated carbocycles. The second-order valence-electron chi connectivity index (χ2n) is 6.53. The number of carbonyl (C=O) groups is 2. The molecule has 0 spiro atoms. The molecule has 2 aromatic heterocycles. The third kappa shape index (κ3) is 4.16. The summed E-state index contributed by atoms with van der Waals surface area (Å²) in [6.45, 7) is 3.68. The van der Waals surface area contributed by atoms with Crippen LogP contribution in [0.5, 0.6) is 0 Å². The normalized spacial score (nSPS) is 13.4. The number of H-pyrrole nitrogens is 1. The SMILES string of the molecule is CCC(C)C(NC(=O)CCc1nc(-c2cccc3[nH]ccc23)no1)C(=O)O. The summed E-state index contributed by atoms with van der Waals surface area (Å²) in [6, 6.07) is 6.81. The molecule has 0 aliphatic carbocycles. The number of fused-ring (bicyclic) bond motifs is 1. The number of hydrogen-bond acceptors (Lipinski definition) is 5. The maximum Gasteiger partial charge on any atom is 0.326 e. The zero-order valence-corrected chi connectivity index (χ0v) is 15.2. The van der Waals surface area contributed by atoms with Crippen molar-refractivity contribution < 1.29 is 19.2 Å². The molecular formula is C19H22N4O4. The molecular weight excluding hydrogens is 348 g/mol. The number of carbonyl (C=O) groups excluding carboxylic acids is 1. The third-order valence-electron chi connectivity index (χ3n) is 4.67. The van der Waals surface area contributed by atoms with Gasteiger partial charge < -0.3 is 19.9 Å². The van der Waals surface area contributed by atoms with Crippen LogP contribution in [0.2, 0.25) is 0 Å². The Balaban J connectivity index is 1.64. The number of hydrogen-bond donors (Lipinski definition) is 3. The van der Waals surface area contributed by atoms with Crippen LogP contribution in [0.1, 0.15) is 32.6 Å². The molecule has 3 aromatic rings. The molecule has 0 aliphatic rings. The van der Waals surface area contributed by atoms with Gasteiger partial charge in [-0.1, -0.05) is 37.6 Å². The molecule has 1 amide bonds. The molecule has 2 unspecified atom stereocenters. The molecule has 0 aliphatic heterocycles. The van der Waals surface area contributed by atoms with E-state index in [1.807, 2.05) is 37.4 Å². The predicted octanol–water partition coefficient (Wildman–Crippen LogP) is 2.77. The van der Waals surface area contributed by atoms with Gasteiger partial charge in [0.1, 0.15) is 6.04 Å². The molecule has 8 heteroatoms. The molecule has 2 atom stereocenters. The standard InChI is InChI=1S/C19H22N4O4/c1-3-11(2)17(19(25)26)21-15(24)7-8-16-22-18(23-27-16)13-5-4-6-14-12(13)9-10-20-14/h4-6,9-11,17,20H,3,7-8H2,1-2H3,(H,21,24)(H,25,26). The summed E-state index contributed by atoms with van der Waals surface area (Å²) in [4.78, 5) is 30.9. The fraction of sp³-hybridized carbons (Fsp3) is 0.368. The van der Waals surface area contributed by atoms with Crippen LogP contribution in [0.15, 0.2) is 35.0 Å². The first-order valence-electron chi connectivity index (χ1n) is 8.90. The lowest BCUT2D eigenvalue weighted by Gasteiger charge is -2.19. The number of nitrogens with zero attached hydrogens (tertiary/aromatic N) is 2. The highest BCUT2D eigenvalue weighted by molar-refractivity contribution is 5.93. The Morgan fingerprint density at radius 2 is 2.15 bits per heavy atom. The summed E-state index contributed by atoms with van der Waals surface area (Å²) < 4.78 is 5.25. The first-order chi connectivity index (χ1) is 13.0. The van der Waals surface area contributed by atoms with E-state index in [1.54, 1.807) is 6.92 Å². The molecule has 27 heavy (non-hydrogen) atoms. The lowest BCUT2D eigenvalue weighted by molar-refractivity contribution is -0.143. The van der Waals surface area contributed by atoms with Gasteiger partial charge in [0, 0.05) is 35.5 Å². The van der Waals surface area contributed by atoms with E-state index in [-0.39, 0.29) is 24.7 Å². The molecule has 3 N–H and O–H groups in total. The maximum atomic E-state index is 12.1. The van der Waals surface area contributed by atoms with Crippen LogP contribution in [-0.4, -0.2) is 38.1 Å². The number of aliphatic carboxylic acids is 1. The third-order valence-corrected chi connectivity index (χ3v) is 4.67. The van der Waals surface area contributed by atoms with Crippen LogP contribution in [0.3, 0.4) is 0 Å². The van der Waals surface area contributed by atoms with E-state index in [1.165, 1.54) is 0 Å². The Bertz CT molecular complexity index is 946. The molecule has 142 valence electrons. The number of benzene rings is 1. The second kappa shape index (κ2) is 8.03. The van der Waals surface area contributed by atoms with Crippen LogP contribution in [0, 0.1) is 5.92 Å². The van der Waals surface area contributed by atoms with Gasteiger partial charge in [-0.15, -0.1) is 0 Å². The van der Waals surface area contributed by atoms with Gasteiger partial charge in [-0.05, 0) is 18.1 Å². The van der Waals surface area contributed by atoms with Crippen LogP contribution < -0.4 is 5.32 Å². The van der Waals surface area contributed by atoms with Gasteiger partial charge in [0.25, 0.3) is 0 Å². The Hall–Kier alpha value is -3.16. The largest absolute Gasteiger partial charge is 0.480 e. The molecule has 0 saturated heterocycles. The minimum absolute atomic E-state index is 0.0796. The number of aromatic nitrogens is 3. The summed E-state index contributed by atoms with van der Waals surface area (Å²) in [7, 11) is 0. The molecule has 2 heterocycles. The number of rotatable bonds is 8. The summed E-state index contributed by atoms with van der Waals surface area (Å²) in [6.07, 6.45) is 2.83. The summed E-state index contributed by atoms with van der Waals surface area (Å²) >= 11 is 0. The van der Waals surface area contributed by atoms with Crippen molar-refractivity contribution in [2.45, 2.75) is 39.2 Å². The fourth-order valence-electron chi connectivity index (χ4n) is 2.90. The quantitative estimate of drug-likeness (QED) is 0.560. The summed E-state index contributed by atoms with van der Waals surface area (Å²) in [5.41, 5.74) is 1.82. The van der Waals surface area contributed by atoms with Gasteiger partial charge in [0.2, 0.25) is 17.6 Å². The van der Waals surface area contributed by atoms with Crippen molar-refractivity contribution in [2.75, 3.05) is 0 Å².